The Morgan fingerprint density at radius 1 is 1.00 bits per heavy atom. The van der Waals surface area contributed by atoms with Gasteiger partial charge in [-0.15, -0.1) is 0 Å². The average Bonchev–Trinajstić information content (AvgIpc) is 2.30. The third-order valence-electron chi connectivity index (χ3n) is 4.02. The standard InChI is InChI=1S/C14H20N2/c1-2-4-12(5-3-1)14-8-11-16(14)13-6-9-15-10-7-13/h1-5,13-15H,6-11H2. The molecule has 0 saturated carbocycles. The summed E-state index contributed by atoms with van der Waals surface area (Å²) in [5.74, 6) is 0. The second-order valence-electron chi connectivity index (χ2n) is 4.93. The van der Waals surface area contributed by atoms with E-state index < -0.39 is 0 Å². The first kappa shape index (κ1) is 10.3. The van der Waals surface area contributed by atoms with Crippen molar-refractivity contribution >= 4 is 0 Å². The van der Waals surface area contributed by atoms with Crippen molar-refractivity contribution in [3.63, 3.8) is 0 Å². The maximum absolute atomic E-state index is 3.45. The van der Waals surface area contributed by atoms with Gasteiger partial charge in [-0.1, -0.05) is 30.3 Å². The molecule has 86 valence electrons. The van der Waals surface area contributed by atoms with E-state index in [1.165, 1.54) is 44.5 Å². The minimum absolute atomic E-state index is 0.698. The molecule has 2 saturated heterocycles. The van der Waals surface area contributed by atoms with Gasteiger partial charge in [0.05, 0.1) is 0 Å². The number of nitrogens with zero attached hydrogens (tertiary/aromatic N) is 1. The van der Waals surface area contributed by atoms with E-state index in [0.717, 1.165) is 6.04 Å². The molecule has 2 nitrogen and oxygen atoms in total. The average molecular weight is 216 g/mol. The van der Waals surface area contributed by atoms with E-state index in [4.69, 9.17) is 0 Å². The summed E-state index contributed by atoms with van der Waals surface area (Å²) in [5.41, 5.74) is 1.51. The third-order valence-corrected chi connectivity index (χ3v) is 4.02. The van der Waals surface area contributed by atoms with Crippen LogP contribution in [0.5, 0.6) is 0 Å². The first-order valence-electron chi connectivity index (χ1n) is 6.46. The number of nitrogens with one attached hydrogen (secondary N) is 1. The highest BCUT2D eigenvalue weighted by molar-refractivity contribution is 5.21. The van der Waals surface area contributed by atoms with E-state index in [1.807, 2.05) is 0 Å². The molecule has 2 aliphatic heterocycles. The summed E-state index contributed by atoms with van der Waals surface area (Å²) in [6, 6.07) is 12.5. The van der Waals surface area contributed by atoms with Crippen molar-refractivity contribution < 1.29 is 0 Å². The van der Waals surface area contributed by atoms with Crippen LogP contribution in [0.2, 0.25) is 0 Å². The van der Waals surface area contributed by atoms with Gasteiger partial charge in [0.25, 0.3) is 0 Å². The second kappa shape index (κ2) is 4.56. The Labute approximate surface area is 97.6 Å². The molecule has 0 bridgehead atoms. The van der Waals surface area contributed by atoms with Gasteiger partial charge in [0.15, 0.2) is 0 Å². The molecule has 0 radical (unpaired) electrons. The van der Waals surface area contributed by atoms with Gasteiger partial charge in [-0.3, -0.25) is 4.90 Å². The Bertz CT molecular complexity index is 330. The molecular weight excluding hydrogens is 196 g/mol. The number of hydrogen-bond acceptors (Lipinski definition) is 2. The molecule has 1 atom stereocenters. The van der Waals surface area contributed by atoms with E-state index in [1.54, 1.807) is 0 Å². The zero-order valence-corrected chi connectivity index (χ0v) is 9.73. The Balaban J connectivity index is 1.69. The summed E-state index contributed by atoms with van der Waals surface area (Å²) in [6.07, 6.45) is 3.99. The minimum atomic E-state index is 0.698. The Hall–Kier alpha value is -0.860. The van der Waals surface area contributed by atoms with Crippen molar-refractivity contribution in [2.45, 2.75) is 31.3 Å². The largest absolute Gasteiger partial charge is 0.317 e. The van der Waals surface area contributed by atoms with Crippen molar-refractivity contribution in [1.82, 2.24) is 10.2 Å². The highest BCUT2D eigenvalue weighted by Crippen LogP contribution is 2.36. The lowest BCUT2D eigenvalue weighted by Gasteiger charge is -2.47. The highest BCUT2D eigenvalue weighted by Gasteiger charge is 2.34. The summed E-state index contributed by atoms with van der Waals surface area (Å²) in [6.45, 7) is 3.69. The predicted molar refractivity (Wildman–Crippen MR) is 66.4 cm³/mol. The van der Waals surface area contributed by atoms with Crippen molar-refractivity contribution in [1.29, 1.82) is 0 Å². The Morgan fingerprint density at radius 3 is 2.38 bits per heavy atom. The fourth-order valence-corrected chi connectivity index (χ4v) is 3.02. The van der Waals surface area contributed by atoms with Gasteiger partial charge in [-0.25, -0.2) is 0 Å². The van der Waals surface area contributed by atoms with Crippen molar-refractivity contribution in [3.8, 4) is 0 Å². The van der Waals surface area contributed by atoms with Crippen LogP contribution in [0, 0.1) is 0 Å². The van der Waals surface area contributed by atoms with E-state index in [9.17, 15) is 0 Å². The normalized spacial score (nSPS) is 27.6. The molecule has 1 aromatic carbocycles. The first-order valence-corrected chi connectivity index (χ1v) is 6.46. The summed E-state index contributed by atoms with van der Waals surface area (Å²) < 4.78 is 0. The molecule has 2 fully saturated rings. The molecule has 1 aromatic rings. The second-order valence-corrected chi connectivity index (χ2v) is 4.93. The van der Waals surface area contributed by atoms with Gasteiger partial charge < -0.3 is 5.32 Å². The van der Waals surface area contributed by atoms with Crippen LogP contribution >= 0.6 is 0 Å². The van der Waals surface area contributed by atoms with Crippen LogP contribution in [0.3, 0.4) is 0 Å². The van der Waals surface area contributed by atoms with Gasteiger partial charge in [-0.05, 0) is 37.9 Å². The molecule has 2 heteroatoms. The van der Waals surface area contributed by atoms with Crippen molar-refractivity contribution in [2.24, 2.45) is 0 Å². The molecule has 0 aromatic heterocycles. The van der Waals surface area contributed by atoms with Crippen LogP contribution in [0.15, 0.2) is 30.3 Å². The number of rotatable bonds is 2. The van der Waals surface area contributed by atoms with Gasteiger partial charge in [0.2, 0.25) is 0 Å². The van der Waals surface area contributed by atoms with Crippen LogP contribution in [0.1, 0.15) is 30.9 Å². The van der Waals surface area contributed by atoms with Gasteiger partial charge in [0, 0.05) is 18.6 Å². The zero-order chi connectivity index (χ0) is 10.8. The van der Waals surface area contributed by atoms with Crippen LogP contribution in [0.4, 0.5) is 0 Å². The smallest absolute Gasteiger partial charge is 0.0363 e. The monoisotopic (exact) mass is 216 g/mol. The molecule has 0 spiro atoms. The topological polar surface area (TPSA) is 15.3 Å². The highest BCUT2D eigenvalue weighted by atomic mass is 15.2. The molecule has 1 unspecified atom stereocenters. The third kappa shape index (κ3) is 1.87. The number of piperidine rings is 1. The molecule has 0 aliphatic carbocycles. The van der Waals surface area contributed by atoms with Crippen molar-refractivity contribution in [2.75, 3.05) is 19.6 Å². The van der Waals surface area contributed by atoms with E-state index in [-0.39, 0.29) is 0 Å². The van der Waals surface area contributed by atoms with Crippen LogP contribution in [0.25, 0.3) is 0 Å². The summed E-state index contributed by atoms with van der Waals surface area (Å²) >= 11 is 0. The van der Waals surface area contributed by atoms with Crippen LogP contribution in [-0.2, 0) is 0 Å². The summed E-state index contributed by atoms with van der Waals surface area (Å²) in [7, 11) is 0. The lowest BCUT2D eigenvalue weighted by atomic mass is 9.90. The number of likely N-dealkylation sites (tertiary alicyclic amines) is 1. The van der Waals surface area contributed by atoms with E-state index >= 15 is 0 Å². The molecule has 2 aliphatic rings. The Kier molecular flexibility index (Phi) is 2.94. The molecule has 1 N–H and O–H groups in total. The molecule has 3 rings (SSSR count). The van der Waals surface area contributed by atoms with Crippen LogP contribution < -0.4 is 5.32 Å². The minimum Gasteiger partial charge on any atom is -0.317 e. The van der Waals surface area contributed by atoms with Gasteiger partial charge in [0.1, 0.15) is 0 Å². The van der Waals surface area contributed by atoms with Crippen molar-refractivity contribution in [3.05, 3.63) is 35.9 Å². The summed E-state index contributed by atoms with van der Waals surface area (Å²) in [5, 5.41) is 3.45. The lowest BCUT2D eigenvalue weighted by molar-refractivity contribution is 0.0259. The Morgan fingerprint density at radius 2 is 1.75 bits per heavy atom. The maximum Gasteiger partial charge on any atom is 0.0363 e. The SMILES string of the molecule is c1ccc(C2CCN2C2CCNCC2)cc1. The first-order chi connectivity index (χ1) is 7.95. The maximum atomic E-state index is 3.45. The molecule has 0 amide bonds. The molecule has 16 heavy (non-hydrogen) atoms. The van der Waals surface area contributed by atoms with Gasteiger partial charge >= 0.3 is 0 Å². The summed E-state index contributed by atoms with van der Waals surface area (Å²) in [4.78, 5) is 2.70. The molecule has 2 heterocycles. The van der Waals surface area contributed by atoms with E-state index in [2.05, 4.69) is 40.5 Å². The number of benzene rings is 1. The molecular formula is C14H20N2. The van der Waals surface area contributed by atoms with E-state index in [0.29, 0.717) is 6.04 Å². The fraction of sp³-hybridized carbons (Fsp3) is 0.571. The fourth-order valence-electron chi connectivity index (χ4n) is 3.02. The van der Waals surface area contributed by atoms with Gasteiger partial charge in [-0.2, -0.15) is 0 Å². The van der Waals surface area contributed by atoms with Crippen LogP contribution in [-0.4, -0.2) is 30.6 Å². The predicted octanol–water partition coefficient (Wildman–Crippen LogP) is 2.19. The lowest BCUT2D eigenvalue weighted by Crippen LogP contribution is -2.51. The quantitative estimate of drug-likeness (QED) is 0.815. The zero-order valence-electron chi connectivity index (χ0n) is 9.73. The number of hydrogen-bond donors (Lipinski definition) is 1.